The number of thiophene rings is 1. The summed E-state index contributed by atoms with van der Waals surface area (Å²) in [6.07, 6.45) is 2.35. The topological polar surface area (TPSA) is 26.3 Å². The zero-order valence-electron chi connectivity index (χ0n) is 8.53. The Balaban J connectivity index is 2.48. The van der Waals surface area contributed by atoms with Gasteiger partial charge in [0.15, 0.2) is 0 Å². The number of fused-ring (bicyclic) bond motifs is 1. The summed E-state index contributed by atoms with van der Waals surface area (Å²) in [4.78, 5) is 10.4. The quantitative estimate of drug-likeness (QED) is 0.740. The monoisotopic (exact) mass is 220 g/mol. The number of hydrogen-bond donors (Lipinski definition) is 0. The number of carbonyl (C=O) groups is 1. The van der Waals surface area contributed by atoms with Gasteiger partial charge < -0.3 is 9.53 Å². The van der Waals surface area contributed by atoms with E-state index < -0.39 is 0 Å². The molecule has 1 aromatic carbocycles. The minimum absolute atomic E-state index is 0.581. The van der Waals surface area contributed by atoms with Crippen LogP contribution < -0.4 is 4.74 Å². The van der Waals surface area contributed by atoms with Gasteiger partial charge >= 0.3 is 0 Å². The lowest BCUT2D eigenvalue weighted by molar-refractivity contribution is -0.107. The van der Waals surface area contributed by atoms with E-state index in [2.05, 4.69) is 11.4 Å². The van der Waals surface area contributed by atoms with Crippen LogP contribution in [0.4, 0.5) is 0 Å². The van der Waals surface area contributed by atoms with Gasteiger partial charge in [0, 0.05) is 6.42 Å². The lowest BCUT2D eigenvalue weighted by Crippen LogP contribution is -1.89. The average Bonchev–Trinajstić information content (AvgIpc) is 2.74. The second-order valence-corrected chi connectivity index (χ2v) is 4.21. The van der Waals surface area contributed by atoms with Gasteiger partial charge in [-0.25, -0.2) is 0 Å². The second-order valence-electron chi connectivity index (χ2n) is 3.30. The Morgan fingerprint density at radius 1 is 1.40 bits per heavy atom. The van der Waals surface area contributed by atoms with Crippen LogP contribution >= 0.6 is 11.3 Å². The molecule has 3 heteroatoms. The predicted octanol–water partition coefficient (Wildman–Crippen LogP) is 3.04. The number of benzene rings is 1. The van der Waals surface area contributed by atoms with Crippen LogP contribution in [0.15, 0.2) is 23.6 Å². The summed E-state index contributed by atoms with van der Waals surface area (Å²) in [7, 11) is 1.68. The Bertz CT molecular complexity index is 473. The molecule has 0 atom stereocenters. The highest BCUT2D eigenvalue weighted by Gasteiger charge is 2.06. The molecule has 0 spiro atoms. The van der Waals surface area contributed by atoms with E-state index >= 15 is 0 Å². The van der Waals surface area contributed by atoms with Gasteiger partial charge in [-0.1, -0.05) is 6.07 Å². The highest BCUT2D eigenvalue weighted by atomic mass is 32.1. The van der Waals surface area contributed by atoms with Gasteiger partial charge in [-0.2, -0.15) is 0 Å². The molecule has 0 N–H and O–H groups in total. The largest absolute Gasteiger partial charge is 0.495 e. The molecule has 0 aliphatic heterocycles. The van der Waals surface area contributed by atoms with Crippen LogP contribution in [-0.2, 0) is 11.2 Å². The lowest BCUT2D eigenvalue weighted by atomic mass is 10.1. The first kappa shape index (κ1) is 10.2. The van der Waals surface area contributed by atoms with Gasteiger partial charge in [0.05, 0.1) is 11.8 Å². The highest BCUT2D eigenvalue weighted by Crippen LogP contribution is 2.33. The maximum absolute atomic E-state index is 10.4. The van der Waals surface area contributed by atoms with E-state index in [4.69, 9.17) is 4.74 Å². The first-order valence-electron chi connectivity index (χ1n) is 4.83. The van der Waals surface area contributed by atoms with Crippen molar-refractivity contribution in [1.82, 2.24) is 0 Å². The Morgan fingerprint density at radius 2 is 2.27 bits per heavy atom. The van der Waals surface area contributed by atoms with Gasteiger partial charge in [-0.3, -0.25) is 0 Å². The number of aryl methyl sites for hydroxylation is 1. The number of ether oxygens (including phenoxy) is 1. The molecule has 2 aromatic rings. The Kier molecular flexibility index (Phi) is 3.02. The minimum Gasteiger partial charge on any atom is -0.495 e. The summed E-state index contributed by atoms with van der Waals surface area (Å²) in [6, 6.07) is 6.10. The number of aldehydes is 1. The molecule has 2 rings (SSSR count). The van der Waals surface area contributed by atoms with Crippen LogP contribution in [-0.4, -0.2) is 13.4 Å². The Morgan fingerprint density at radius 3 is 3.00 bits per heavy atom. The molecule has 0 aliphatic rings. The first-order chi connectivity index (χ1) is 7.36. The van der Waals surface area contributed by atoms with Crippen molar-refractivity contribution in [3.63, 3.8) is 0 Å². The van der Waals surface area contributed by atoms with E-state index in [1.165, 1.54) is 15.6 Å². The van der Waals surface area contributed by atoms with E-state index in [-0.39, 0.29) is 0 Å². The molecule has 0 bridgehead atoms. The van der Waals surface area contributed by atoms with Crippen molar-refractivity contribution >= 4 is 27.7 Å². The standard InChI is InChI=1S/C12H12O2S/c1-14-11-5-4-9(3-2-7-13)10-6-8-15-12(10)11/h4-8H,2-3H2,1H3. The zero-order valence-corrected chi connectivity index (χ0v) is 9.34. The molecule has 0 amide bonds. The van der Waals surface area contributed by atoms with Gasteiger partial charge in [0.25, 0.3) is 0 Å². The average molecular weight is 220 g/mol. The van der Waals surface area contributed by atoms with Crippen molar-refractivity contribution in [2.24, 2.45) is 0 Å². The lowest BCUT2D eigenvalue weighted by Gasteiger charge is -2.05. The molecule has 0 saturated heterocycles. The van der Waals surface area contributed by atoms with Crippen molar-refractivity contribution < 1.29 is 9.53 Å². The molecule has 0 saturated carbocycles. The fourth-order valence-electron chi connectivity index (χ4n) is 1.69. The molecule has 0 aliphatic carbocycles. The molecular formula is C12H12O2S. The van der Waals surface area contributed by atoms with Crippen LogP contribution in [0.3, 0.4) is 0 Å². The second kappa shape index (κ2) is 4.45. The molecule has 0 radical (unpaired) electrons. The first-order valence-corrected chi connectivity index (χ1v) is 5.71. The Hall–Kier alpha value is -1.35. The molecule has 0 fully saturated rings. The van der Waals surface area contributed by atoms with Crippen molar-refractivity contribution in [2.75, 3.05) is 7.11 Å². The van der Waals surface area contributed by atoms with Gasteiger partial charge in [-0.05, 0) is 34.9 Å². The normalized spacial score (nSPS) is 10.5. The summed E-state index contributed by atoms with van der Waals surface area (Å²) < 4.78 is 6.45. The van der Waals surface area contributed by atoms with E-state index in [1.54, 1.807) is 18.4 Å². The van der Waals surface area contributed by atoms with E-state index in [0.717, 1.165) is 18.5 Å². The van der Waals surface area contributed by atoms with Crippen LogP contribution in [0, 0.1) is 0 Å². The molecule has 78 valence electrons. The Labute approximate surface area is 92.5 Å². The molecule has 15 heavy (non-hydrogen) atoms. The van der Waals surface area contributed by atoms with Crippen molar-refractivity contribution in [3.8, 4) is 5.75 Å². The van der Waals surface area contributed by atoms with Crippen LogP contribution in [0.2, 0.25) is 0 Å². The molecule has 1 aromatic heterocycles. The van der Waals surface area contributed by atoms with Gasteiger partial charge in [-0.15, -0.1) is 11.3 Å². The van der Waals surface area contributed by atoms with Crippen molar-refractivity contribution in [3.05, 3.63) is 29.1 Å². The van der Waals surface area contributed by atoms with Crippen LogP contribution in [0.1, 0.15) is 12.0 Å². The van der Waals surface area contributed by atoms with Gasteiger partial charge in [0.1, 0.15) is 12.0 Å². The molecular weight excluding hydrogens is 208 g/mol. The maximum Gasteiger partial charge on any atom is 0.136 e. The van der Waals surface area contributed by atoms with E-state index in [9.17, 15) is 4.79 Å². The minimum atomic E-state index is 0.581. The van der Waals surface area contributed by atoms with Crippen molar-refractivity contribution in [1.29, 1.82) is 0 Å². The summed E-state index contributed by atoms with van der Waals surface area (Å²) >= 11 is 1.67. The fraction of sp³-hybridized carbons (Fsp3) is 0.250. The molecule has 2 nitrogen and oxygen atoms in total. The zero-order chi connectivity index (χ0) is 10.7. The third-order valence-corrected chi connectivity index (χ3v) is 3.35. The van der Waals surface area contributed by atoms with Crippen molar-refractivity contribution in [2.45, 2.75) is 12.8 Å². The molecule has 1 heterocycles. The summed E-state index contributed by atoms with van der Waals surface area (Å²) in [5, 5.41) is 3.26. The van der Waals surface area contributed by atoms with Crippen LogP contribution in [0.5, 0.6) is 5.75 Å². The fourth-order valence-corrected chi connectivity index (χ4v) is 2.62. The predicted molar refractivity (Wildman–Crippen MR) is 62.8 cm³/mol. The van der Waals surface area contributed by atoms with E-state index in [0.29, 0.717) is 6.42 Å². The third kappa shape index (κ3) is 1.88. The van der Waals surface area contributed by atoms with E-state index in [1.807, 2.05) is 12.1 Å². The molecule has 0 unspecified atom stereocenters. The highest BCUT2D eigenvalue weighted by molar-refractivity contribution is 7.17. The number of carbonyl (C=O) groups excluding carboxylic acids is 1. The van der Waals surface area contributed by atoms with Gasteiger partial charge in [0.2, 0.25) is 0 Å². The SMILES string of the molecule is COc1ccc(CCC=O)c2ccsc12. The number of hydrogen-bond acceptors (Lipinski definition) is 3. The van der Waals surface area contributed by atoms with Crippen LogP contribution in [0.25, 0.3) is 10.1 Å². The smallest absolute Gasteiger partial charge is 0.136 e. The summed E-state index contributed by atoms with van der Waals surface area (Å²) in [5.74, 6) is 0.912. The third-order valence-electron chi connectivity index (χ3n) is 2.42. The number of methoxy groups -OCH3 is 1. The summed E-state index contributed by atoms with van der Waals surface area (Å²) in [5.41, 5.74) is 1.22. The number of rotatable bonds is 4. The summed E-state index contributed by atoms with van der Waals surface area (Å²) in [6.45, 7) is 0. The maximum atomic E-state index is 10.4.